The highest BCUT2D eigenvalue weighted by Gasteiger charge is 2.14. The van der Waals surface area contributed by atoms with Crippen LogP contribution in [0.4, 0.5) is 0 Å². The van der Waals surface area contributed by atoms with Crippen molar-refractivity contribution in [3.05, 3.63) is 36.2 Å². The number of nitrogens with zero attached hydrogens (tertiary/aromatic N) is 2. The van der Waals surface area contributed by atoms with Crippen LogP contribution in [0, 0.1) is 11.8 Å². The molecule has 2 heterocycles. The molecular formula is C15H19N3. The molecule has 2 rings (SSSR count). The third-order valence-corrected chi connectivity index (χ3v) is 2.96. The Hall–Kier alpha value is -1.79. The van der Waals surface area contributed by atoms with Crippen molar-refractivity contribution in [2.45, 2.75) is 32.7 Å². The summed E-state index contributed by atoms with van der Waals surface area (Å²) in [6.07, 6.45) is 5.86. The zero-order valence-electron chi connectivity index (χ0n) is 11.0. The van der Waals surface area contributed by atoms with Gasteiger partial charge in [0.25, 0.3) is 0 Å². The number of pyridine rings is 1. The molecule has 0 aliphatic heterocycles. The van der Waals surface area contributed by atoms with Crippen molar-refractivity contribution < 1.29 is 0 Å². The van der Waals surface area contributed by atoms with E-state index in [2.05, 4.69) is 35.2 Å². The molecule has 0 bridgehead atoms. The van der Waals surface area contributed by atoms with Crippen LogP contribution in [0.25, 0.3) is 5.52 Å². The van der Waals surface area contributed by atoms with Crippen molar-refractivity contribution in [3.8, 4) is 11.8 Å². The van der Waals surface area contributed by atoms with Gasteiger partial charge in [-0.15, -0.1) is 11.8 Å². The third kappa shape index (κ3) is 2.72. The van der Waals surface area contributed by atoms with Crippen molar-refractivity contribution >= 4 is 5.52 Å². The van der Waals surface area contributed by atoms with Gasteiger partial charge >= 0.3 is 0 Å². The predicted molar refractivity (Wildman–Crippen MR) is 74.3 cm³/mol. The molecule has 0 aliphatic carbocycles. The Morgan fingerprint density at radius 2 is 2.33 bits per heavy atom. The van der Waals surface area contributed by atoms with Crippen LogP contribution < -0.4 is 5.32 Å². The van der Waals surface area contributed by atoms with E-state index in [-0.39, 0.29) is 6.04 Å². The van der Waals surface area contributed by atoms with Gasteiger partial charge in [0.15, 0.2) is 0 Å². The van der Waals surface area contributed by atoms with Crippen molar-refractivity contribution in [2.24, 2.45) is 0 Å². The summed E-state index contributed by atoms with van der Waals surface area (Å²) in [5.41, 5.74) is 2.39. The molecule has 2 aromatic rings. The van der Waals surface area contributed by atoms with Crippen molar-refractivity contribution in [3.63, 3.8) is 0 Å². The van der Waals surface area contributed by atoms with Crippen molar-refractivity contribution in [2.75, 3.05) is 6.54 Å². The van der Waals surface area contributed by atoms with E-state index < -0.39 is 0 Å². The minimum Gasteiger partial charge on any atom is -0.309 e. The van der Waals surface area contributed by atoms with Crippen LogP contribution in [0.2, 0.25) is 0 Å². The smallest absolute Gasteiger partial charge is 0.0709 e. The number of aromatic nitrogens is 2. The lowest BCUT2D eigenvalue weighted by molar-refractivity contribution is 0.545. The van der Waals surface area contributed by atoms with Gasteiger partial charge in [0.1, 0.15) is 0 Å². The average Bonchev–Trinajstić information content (AvgIpc) is 2.83. The molecule has 3 heteroatoms. The molecule has 0 saturated heterocycles. The van der Waals surface area contributed by atoms with Gasteiger partial charge in [-0.2, -0.15) is 5.10 Å². The molecule has 0 aromatic carbocycles. The lowest BCUT2D eigenvalue weighted by Gasteiger charge is -2.14. The maximum Gasteiger partial charge on any atom is 0.0709 e. The summed E-state index contributed by atoms with van der Waals surface area (Å²) in [7, 11) is 0. The summed E-state index contributed by atoms with van der Waals surface area (Å²) in [6.45, 7) is 5.05. The van der Waals surface area contributed by atoms with Gasteiger partial charge in [0.2, 0.25) is 0 Å². The van der Waals surface area contributed by atoms with Crippen LogP contribution in [0.1, 0.15) is 38.3 Å². The zero-order chi connectivity index (χ0) is 12.8. The fraction of sp³-hybridized carbons (Fsp3) is 0.400. The zero-order valence-corrected chi connectivity index (χ0v) is 11.0. The fourth-order valence-electron chi connectivity index (χ4n) is 2.04. The molecule has 0 fully saturated rings. The van der Waals surface area contributed by atoms with Crippen LogP contribution >= 0.6 is 0 Å². The van der Waals surface area contributed by atoms with Crippen LogP contribution in [-0.2, 0) is 0 Å². The van der Waals surface area contributed by atoms with Crippen LogP contribution in [0.5, 0.6) is 0 Å². The van der Waals surface area contributed by atoms with E-state index in [1.54, 1.807) is 0 Å². The first-order valence-corrected chi connectivity index (χ1v) is 6.42. The highest BCUT2D eigenvalue weighted by atomic mass is 15.2. The van der Waals surface area contributed by atoms with E-state index in [0.717, 1.165) is 24.9 Å². The molecule has 0 saturated carbocycles. The molecule has 1 unspecified atom stereocenters. The Morgan fingerprint density at radius 1 is 1.44 bits per heavy atom. The van der Waals surface area contributed by atoms with Gasteiger partial charge in [-0.05, 0) is 32.0 Å². The molecule has 2 aromatic heterocycles. The molecule has 0 amide bonds. The minimum atomic E-state index is 0.261. The summed E-state index contributed by atoms with van der Waals surface area (Å²) in [5, 5.41) is 7.93. The van der Waals surface area contributed by atoms with Crippen LogP contribution in [0.15, 0.2) is 30.6 Å². The second-order valence-electron chi connectivity index (χ2n) is 4.27. The van der Waals surface area contributed by atoms with E-state index in [4.69, 9.17) is 0 Å². The highest BCUT2D eigenvalue weighted by molar-refractivity contribution is 5.55. The van der Waals surface area contributed by atoms with E-state index in [9.17, 15) is 0 Å². The summed E-state index contributed by atoms with van der Waals surface area (Å²) < 4.78 is 1.91. The number of fused-ring (bicyclic) bond motifs is 1. The Balaban J connectivity index is 2.30. The summed E-state index contributed by atoms with van der Waals surface area (Å²) in [6, 6.07) is 6.40. The standard InChI is InChI=1S/C15H19N3/c1-3-5-8-14(16-10-4-2)13-12-17-18-11-7-6-9-15(13)18/h6-7,9,11-12,14,16H,4,8,10H2,1-2H3. The molecule has 1 N–H and O–H groups in total. The summed E-state index contributed by atoms with van der Waals surface area (Å²) >= 11 is 0. The lowest BCUT2D eigenvalue weighted by atomic mass is 10.1. The van der Waals surface area contributed by atoms with Gasteiger partial charge in [-0.25, -0.2) is 4.52 Å². The number of hydrogen-bond donors (Lipinski definition) is 1. The van der Waals surface area contributed by atoms with Crippen LogP contribution in [-0.4, -0.2) is 16.2 Å². The van der Waals surface area contributed by atoms with E-state index in [0.29, 0.717) is 0 Å². The topological polar surface area (TPSA) is 29.3 Å². The molecular weight excluding hydrogens is 222 g/mol. The Kier molecular flexibility index (Phi) is 4.38. The monoisotopic (exact) mass is 241 g/mol. The molecule has 0 aliphatic rings. The second-order valence-corrected chi connectivity index (χ2v) is 4.27. The van der Waals surface area contributed by atoms with Gasteiger partial charge in [-0.3, -0.25) is 0 Å². The maximum absolute atomic E-state index is 4.38. The fourth-order valence-corrected chi connectivity index (χ4v) is 2.04. The van der Waals surface area contributed by atoms with E-state index in [1.807, 2.05) is 36.0 Å². The molecule has 3 nitrogen and oxygen atoms in total. The molecule has 94 valence electrons. The van der Waals surface area contributed by atoms with E-state index >= 15 is 0 Å². The number of rotatable bonds is 5. The quantitative estimate of drug-likeness (QED) is 0.816. The van der Waals surface area contributed by atoms with Gasteiger partial charge in [-0.1, -0.05) is 13.0 Å². The lowest BCUT2D eigenvalue weighted by Crippen LogP contribution is -2.21. The Morgan fingerprint density at radius 3 is 3.11 bits per heavy atom. The number of hydrogen-bond acceptors (Lipinski definition) is 2. The third-order valence-electron chi connectivity index (χ3n) is 2.96. The highest BCUT2D eigenvalue weighted by Crippen LogP contribution is 2.21. The first-order chi connectivity index (χ1) is 8.86. The molecule has 18 heavy (non-hydrogen) atoms. The Labute approximate surface area is 108 Å². The largest absolute Gasteiger partial charge is 0.309 e. The Bertz CT molecular complexity index is 560. The molecule has 1 atom stereocenters. The first-order valence-electron chi connectivity index (χ1n) is 6.42. The SMILES string of the molecule is CC#CCC(NCCC)c1cnn2ccccc12. The predicted octanol–water partition coefficient (Wildman–Crippen LogP) is 2.79. The second kappa shape index (κ2) is 6.23. The minimum absolute atomic E-state index is 0.261. The summed E-state index contributed by atoms with van der Waals surface area (Å²) in [5.74, 6) is 6.13. The van der Waals surface area contributed by atoms with Crippen molar-refractivity contribution in [1.82, 2.24) is 14.9 Å². The average molecular weight is 241 g/mol. The summed E-state index contributed by atoms with van der Waals surface area (Å²) in [4.78, 5) is 0. The van der Waals surface area contributed by atoms with Gasteiger partial charge in [0.05, 0.1) is 11.7 Å². The van der Waals surface area contributed by atoms with Gasteiger partial charge in [0, 0.05) is 24.2 Å². The first kappa shape index (κ1) is 12.7. The molecule has 0 spiro atoms. The number of nitrogens with one attached hydrogen (secondary N) is 1. The molecule has 0 radical (unpaired) electrons. The van der Waals surface area contributed by atoms with Gasteiger partial charge < -0.3 is 5.32 Å². The van der Waals surface area contributed by atoms with Crippen LogP contribution in [0.3, 0.4) is 0 Å². The van der Waals surface area contributed by atoms with E-state index in [1.165, 1.54) is 5.56 Å². The van der Waals surface area contributed by atoms with Crippen molar-refractivity contribution in [1.29, 1.82) is 0 Å². The maximum atomic E-state index is 4.38. The normalized spacial score (nSPS) is 12.1.